The summed E-state index contributed by atoms with van der Waals surface area (Å²) in [5.74, 6) is 0.973. The van der Waals surface area contributed by atoms with Crippen molar-refractivity contribution in [3.8, 4) is 0 Å². The number of nitrogens with zero attached hydrogens (tertiary/aromatic N) is 2. The zero-order valence-corrected chi connectivity index (χ0v) is 13.4. The van der Waals surface area contributed by atoms with Gasteiger partial charge in [0.05, 0.1) is 12.0 Å². The Labute approximate surface area is 126 Å². The summed E-state index contributed by atoms with van der Waals surface area (Å²) in [5.41, 5.74) is 5.99. The molecule has 0 aromatic rings. The quantitative estimate of drug-likeness (QED) is 0.362. The van der Waals surface area contributed by atoms with E-state index in [9.17, 15) is 4.79 Å². The van der Waals surface area contributed by atoms with Gasteiger partial charge in [0.15, 0.2) is 5.84 Å². The van der Waals surface area contributed by atoms with E-state index in [1.807, 2.05) is 0 Å². The monoisotopic (exact) mass is 293 g/mol. The molecule has 4 aliphatic rings. The highest BCUT2D eigenvalue weighted by Crippen LogP contribution is 2.69. The van der Waals surface area contributed by atoms with Gasteiger partial charge < -0.3 is 15.8 Å². The average Bonchev–Trinajstić information content (AvgIpc) is 2.33. The van der Waals surface area contributed by atoms with Crippen molar-refractivity contribution in [3.63, 3.8) is 0 Å². The van der Waals surface area contributed by atoms with Gasteiger partial charge in [-0.3, -0.25) is 4.79 Å². The fourth-order valence-corrected chi connectivity index (χ4v) is 6.44. The lowest BCUT2D eigenvalue weighted by atomic mass is 9.40. The van der Waals surface area contributed by atoms with Gasteiger partial charge in [0, 0.05) is 7.05 Å². The number of amides is 1. The van der Waals surface area contributed by atoms with Gasteiger partial charge >= 0.3 is 0 Å². The Balaban J connectivity index is 1.86. The largest absolute Gasteiger partial charge is 0.409 e. The number of oxime groups is 1. The maximum atomic E-state index is 13.1. The van der Waals surface area contributed by atoms with E-state index in [1.165, 1.54) is 19.3 Å². The van der Waals surface area contributed by atoms with E-state index >= 15 is 0 Å². The molecule has 4 saturated carbocycles. The van der Waals surface area contributed by atoms with E-state index in [4.69, 9.17) is 10.9 Å². The molecule has 0 aliphatic heterocycles. The van der Waals surface area contributed by atoms with Crippen LogP contribution in [0.1, 0.15) is 52.4 Å². The van der Waals surface area contributed by atoms with Crippen molar-refractivity contribution < 1.29 is 10.0 Å². The Morgan fingerprint density at radius 3 is 2.29 bits per heavy atom. The number of hydrogen-bond donors (Lipinski definition) is 2. The fraction of sp³-hybridized carbons (Fsp3) is 0.875. The zero-order chi connectivity index (χ0) is 15.5. The Hall–Kier alpha value is -1.26. The minimum atomic E-state index is -0.215. The van der Waals surface area contributed by atoms with Crippen molar-refractivity contribution in [2.75, 3.05) is 13.6 Å². The van der Waals surface area contributed by atoms with Crippen LogP contribution in [0.5, 0.6) is 0 Å². The van der Waals surface area contributed by atoms with Gasteiger partial charge in [-0.25, -0.2) is 0 Å². The summed E-state index contributed by atoms with van der Waals surface area (Å²) in [6.45, 7) is 4.93. The summed E-state index contributed by atoms with van der Waals surface area (Å²) in [7, 11) is 1.77. The highest BCUT2D eigenvalue weighted by molar-refractivity contribution is 5.89. The second-order valence-electron chi connectivity index (χ2n) is 8.66. The van der Waals surface area contributed by atoms with Crippen molar-refractivity contribution >= 4 is 11.7 Å². The SMILES string of the molecule is CN(CC(N)=NO)C(=O)C12CC3CC(C)(CC(C)(C3)C1)C2. The molecule has 2 unspecified atom stereocenters. The molecule has 4 aliphatic carbocycles. The third-order valence-corrected chi connectivity index (χ3v) is 5.95. The van der Waals surface area contributed by atoms with Crippen LogP contribution in [0.15, 0.2) is 5.16 Å². The number of amidine groups is 1. The fourth-order valence-electron chi connectivity index (χ4n) is 6.44. The molecule has 2 atom stereocenters. The summed E-state index contributed by atoms with van der Waals surface area (Å²) in [5, 5.41) is 11.7. The first-order valence-electron chi connectivity index (χ1n) is 7.91. The lowest BCUT2D eigenvalue weighted by Crippen LogP contribution is -2.60. The van der Waals surface area contributed by atoms with E-state index in [2.05, 4.69) is 19.0 Å². The molecule has 4 fully saturated rings. The summed E-state index contributed by atoms with van der Waals surface area (Å²) < 4.78 is 0. The van der Waals surface area contributed by atoms with Crippen LogP contribution in [0.3, 0.4) is 0 Å². The summed E-state index contributed by atoms with van der Waals surface area (Å²) in [6, 6.07) is 0. The third-order valence-electron chi connectivity index (χ3n) is 5.95. The minimum absolute atomic E-state index is 0.0907. The molecular weight excluding hydrogens is 266 g/mol. The normalized spacial score (nSPS) is 44.9. The van der Waals surface area contributed by atoms with Crippen molar-refractivity contribution in [2.24, 2.45) is 33.1 Å². The second kappa shape index (κ2) is 4.37. The molecule has 0 aromatic heterocycles. The van der Waals surface area contributed by atoms with Gasteiger partial charge in [-0.05, 0) is 55.3 Å². The van der Waals surface area contributed by atoms with E-state index in [-0.39, 0.29) is 23.7 Å². The lowest BCUT2D eigenvalue weighted by Gasteiger charge is -2.65. The summed E-state index contributed by atoms with van der Waals surface area (Å²) in [4.78, 5) is 14.7. The number of carbonyl (C=O) groups excluding carboxylic acids is 1. The standard InChI is InChI=1S/C16H27N3O2/c1-14-4-11-5-15(2,8-14)10-16(6-11,9-14)13(20)19(3)7-12(17)18-21/h11,21H,4-10H2,1-3H3,(H2,17,18). The minimum Gasteiger partial charge on any atom is -0.409 e. The van der Waals surface area contributed by atoms with E-state index in [1.54, 1.807) is 11.9 Å². The number of rotatable bonds is 3. The van der Waals surface area contributed by atoms with Gasteiger partial charge in [0.25, 0.3) is 0 Å². The van der Waals surface area contributed by atoms with Crippen LogP contribution < -0.4 is 5.73 Å². The molecule has 1 amide bonds. The average molecular weight is 293 g/mol. The first-order chi connectivity index (χ1) is 9.69. The predicted molar refractivity (Wildman–Crippen MR) is 80.9 cm³/mol. The maximum Gasteiger partial charge on any atom is 0.228 e. The Morgan fingerprint density at radius 1 is 1.24 bits per heavy atom. The summed E-state index contributed by atoms with van der Waals surface area (Å²) in [6.07, 6.45) is 6.85. The first-order valence-corrected chi connectivity index (χ1v) is 7.91. The molecule has 0 saturated heterocycles. The highest BCUT2D eigenvalue weighted by atomic mass is 16.4. The Morgan fingerprint density at radius 2 is 1.81 bits per heavy atom. The molecule has 0 aromatic carbocycles. The van der Waals surface area contributed by atoms with Crippen molar-refractivity contribution in [2.45, 2.75) is 52.4 Å². The Bertz CT molecular complexity index is 484. The van der Waals surface area contributed by atoms with Crippen LogP contribution in [0.2, 0.25) is 0 Å². The van der Waals surface area contributed by atoms with Crippen LogP contribution in [0, 0.1) is 22.2 Å². The first kappa shape index (κ1) is 14.7. The molecule has 0 heterocycles. The number of likely N-dealkylation sites (N-methyl/N-ethyl adjacent to an activating group) is 1. The Kier molecular flexibility index (Phi) is 3.05. The van der Waals surface area contributed by atoms with Gasteiger partial charge in [-0.1, -0.05) is 19.0 Å². The van der Waals surface area contributed by atoms with Crippen molar-refractivity contribution in [3.05, 3.63) is 0 Å². The predicted octanol–water partition coefficient (Wildman–Crippen LogP) is 2.19. The van der Waals surface area contributed by atoms with Gasteiger partial charge in [0.2, 0.25) is 5.91 Å². The van der Waals surface area contributed by atoms with E-state index < -0.39 is 0 Å². The van der Waals surface area contributed by atoms with Crippen molar-refractivity contribution in [1.29, 1.82) is 0 Å². The van der Waals surface area contributed by atoms with Crippen LogP contribution in [0.25, 0.3) is 0 Å². The van der Waals surface area contributed by atoms with Crippen LogP contribution in [0.4, 0.5) is 0 Å². The van der Waals surface area contributed by atoms with E-state index in [0.29, 0.717) is 16.7 Å². The lowest BCUT2D eigenvalue weighted by molar-refractivity contribution is -0.177. The third kappa shape index (κ3) is 2.30. The summed E-state index contributed by atoms with van der Waals surface area (Å²) >= 11 is 0. The second-order valence-corrected chi connectivity index (χ2v) is 8.66. The van der Waals surface area contributed by atoms with Crippen molar-refractivity contribution in [1.82, 2.24) is 4.90 Å². The number of carbonyl (C=O) groups is 1. The smallest absolute Gasteiger partial charge is 0.228 e. The molecule has 4 bridgehead atoms. The van der Waals surface area contributed by atoms with Crippen LogP contribution in [-0.2, 0) is 4.79 Å². The van der Waals surface area contributed by atoms with Crippen LogP contribution >= 0.6 is 0 Å². The maximum absolute atomic E-state index is 13.1. The van der Waals surface area contributed by atoms with Gasteiger partial charge in [-0.15, -0.1) is 0 Å². The molecular formula is C16H27N3O2. The molecule has 0 spiro atoms. The number of hydrogen-bond acceptors (Lipinski definition) is 3. The molecule has 5 heteroatoms. The zero-order valence-electron chi connectivity index (χ0n) is 13.4. The number of nitrogens with two attached hydrogens (primary N) is 1. The van der Waals surface area contributed by atoms with Crippen LogP contribution in [-0.4, -0.2) is 35.4 Å². The highest BCUT2D eigenvalue weighted by Gasteiger charge is 2.63. The molecule has 0 radical (unpaired) electrons. The van der Waals surface area contributed by atoms with Gasteiger partial charge in [-0.2, -0.15) is 0 Å². The molecule has 4 rings (SSSR count). The van der Waals surface area contributed by atoms with E-state index in [0.717, 1.165) is 19.3 Å². The molecule has 21 heavy (non-hydrogen) atoms. The molecule has 118 valence electrons. The molecule has 5 nitrogen and oxygen atoms in total. The molecule has 3 N–H and O–H groups in total. The van der Waals surface area contributed by atoms with Gasteiger partial charge in [0.1, 0.15) is 0 Å². The topological polar surface area (TPSA) is 78.9 Å².